The van der Waals surface area contributed by atoms with Crippen LogP contribution in [-0.4, -0.2) is 6.17 Å². The lowest BCUT2D eigenvalue weighted by atomic mass is 9.88. The number of hydrogen-bond donors (Lipinski definition) is 1. The summed E-state index contributed by atoms with van der Waals surface area (Å²) in [5.74, 6) is -1.10. The van der Waals surface area contributed by atoms with Gasteiger partial charge in [-0.1, -0.05) is 25.1 Å². The van der Waals surface area contributed by atoms with Gasteiger partial charge in [0.05, 0.1) is 0 Å². The van der Waals surface area contributed by atoms with Crippen LogP contribution in [0, 0.1) is 5.92 Å². The molecule has 0 fully saturated rings. The lowest BCUT2D eigenvalue weighted by Gasteiger charge is -2.22. The Labute approximate surface area is 99.1 Å². The molecule has 0 amide bonds. The van der Waals surface area contributed by atoms with Crippen LogP contribution in [0.5, 0.6) is 0 Å². The van der Waals surface area contributed by atoms with E-state index < -0.39 is 17.9 Å². The van der Waals surface area contributed by atoms with E-state index in [1.54, 1.807) is 31.2 Å². The van der Waals surface area contributed by atoms with Crippen molar-refractivity contribution >= 4 is 18.2 Å². The first-order valence-electron chi connectivity index (χ1n) is 5.10. The molecule has 1 aromatic carbocycles. The number of benzene rings is 1. The molecule has 0 N–H and O–H groups in total. The topological polar surface area (TPSA) is 0 Å². The average molecular weight is 238 g/mol. The molecule has 0 heterocycles. The van der Waals surface area contributed by atoms with E-state index in [9.17, 15) is 8.78 Å². The summed E-state index contributed by atoms with van der Waals surface area (Å²) in [5, 5.41) is 0. The number of rotatable bonds is 1. The van der Waals surface area contributed by atoms with Gasteiger partial charge in [0.15, 0.2) is 0 Å². The molecule has 1 aliphatic carbocycles. The maximum absolute atomic E-state index is 13.9. The van der Waals surface area contributed by atoms with Crippen molar-refractivity contribution in [2.75, 3.05) is 0 Å². The maximum atomic E-state index is 13.9. The van der Waals surface area contributed by atoms with Gasteiger partial charge in [-0.25, -0.2) is 8.78 Å². The zero-order chi connectivity index (χ0) is 11.7. The van der Waals surface area contributed by atoms with Gasteiger partial charge in [-0.3, -0.25) is 0 Å². The Kier molecular flexibility index (Phi) is 3.15. The molecular formula is C13H12F2S. The average Bonchev–Trinajstić information content (AvgIpc) is 2.28. The summed E-state index contributed by atoms with van der Waals surface area (Å²) >= 11 is 4.16. The van der Waals surface area contributed by atoms with Gasteiger partial charge >= 0.3 is 0 Å². The third kappa shape index (κ3) is 2.05. The van der Waals surface area contributed by atoms with Crippen molar-refractivity contribution in [1.29, 1.82) is 0 Å². The summed E-state index contributed by atoms with van der Waals surface area (Å²) in [7, 11) is 0. The molecule has 0 bridgehead atoms. The molecule has 0 aliphatic heterocycles. The van der Waals surface area contributed by atoms with Crippen molar-refractivity contribution in [3.05, 3.63) is 47.8 Å². The van der Waals surface area contributed by atoms with Crippen molar-refractivity contribution in [2.24, 2.45) is 5.92 Å². The van der Waals surface area contributed by atoms with E-state index in [-0.39, 0.29) is 0 Å². The van der Waals surface area contributed by atoms with Crippen LogP contribution in [0.15, 0.2) is 47.1 Å². The van der Waals surface area contributed by atoms with Crippen LogP contribution >= 0.6 is 12.6 Å². The van der Waals surface area contributed by atoms with Gasteiger partial charge in [-0.2, -0.15) is 0 Å². The first-order valence-corrected chi connectivity index (χ1v) is 5.55. The second-order valence-corrected chi connectivity index (χ2v) is 4.43. The lowest BCUT2D eigenvalue weighted by molar-refractivity contribution is 0.301. The Bertz CT molecular complexity index is 446. The lowest BCUT2D eigenvalue weighted by Crippen LogP contribution is -2.18. The maximum Gasteiger partial charge on any atom is 0.135 e. The highest BCUT2D eigenvalue weighted by Crippen LogP contribution is 2.34. The van der Waals surface area contributed by atoms with E-state index in [0.717, 1.165) is 10.5 Å². The predicted octanol–water partition coefficient (Wildman–Crippen LogP) is 4.20. The molecule has 1 aliphatic rings. The minimum Gasteiger partial charge on any atom is -0.242 e. The highest BCUT2D eigenvalue weighted by atomic mass is 32.1. The Hall–Kier alpha value is -1.09. The number of halogens is 2. The van der Waals surface area contributed by atoms with Gasteiger partial charge < -0.3 is 0 Å². The zero-order valence-corrected chi connectivity index (χ0v) is 9.72. The number of thiol groups is 1. The molecule has 0 nitrogen and oxygen atoms in total. The summed E-state index contributed by atoms with van der Waals surface area (Å²) in [6.45, 7) is 1.55. The molecule has 2 unspecified atom stereocenters. The van der Waals surface area contributed by atoms with Crippen molar-refractivity contribution in [3.8, 4) is 0 Å². The van der Waals surface area contributed by atoms with E-state index in [2.05, 4.69) is 12.6 Å². The van der Waals surface area contributed by atoms with Crippen LogP contribution in [0.2, 0.25) is 0 Å². The fraction of sp³-hybridized carbons (Fsp3) is 0.231. The summed E-state index contributed by atoms with van der Waals surface area (Å²) < 4.78 is 27.1. The van der Waals surface area contributed by atoms with Crippen molar-refractivity contribution in [1.82, 2.24) is 0 Å². The van der Waals surface area contributed by atoms with Crippen molar-refractivity contribution in [2.45, 2.75) is 18.0 Å². The number of allylic oxidation sites excluding steroid dienone is 4. The highest BCUT2D eigenvalue weighted by Gasteiger charge is 2.27. The van der Waals surface area contributed by atoms with E-state index in [4.69, 9.17) is 0 Å². The minimum atomic E-state index is -1.28. The molecule has 0 saturated heterocycles. The summed E-state index contributed by atoms with van der Waals surface area (Å²) in [4.78, 5) is 0.824. The smallest absolute Gasteiger partial charge is 0.135 e. The first-order chi connectivity index (χ1) is 7.59. The second kappa shape index (κ2) is 4.42. The molecule has 0 spiro atoms. The molecule has 84 valence electrons. The number of hydrogen-bond acceptors (Lipinski definition) is 1. The van der Waals surface area contributed by atoms with Crippen LogP contribution < -0.4 is 0 Å². The third-order valence-electron chi connectivity index (χ3n) is 2.79. The Morgan fingerprint density at radius 1 is 1.12 bits per heavy atom. The molecule has 2 atom stereocenters. The predicted molar refractivity (Wildman–Crippen MR) is 64.9 cm³/mol. The van der Waals surface area contributed by atoms with Gasteiger partial charge in [0.1, 0.15) is 12.0 Å². The summed E-state index contributed by atoms with van der Waals surface area (Å²) in [6, 6.07) is 7.19. The van der Waals surface area contributed by atoms with Crippen LogP contribution in [0.3, 0.4) is 0 Å². The highest BCUT2D eigenvalue weighted by molar-refractivity contribution is 7.80. The fourth-order valence-electron chi connectivity index (χ4n) is 1.73. The van der Waals surface area contributed by atoms with Crippen molar-refractivity contribution in [3.63, 3.8) is 0 Å². The van der Waals surface area contributed by atoms with E-state index in [1.165, 1.54) is 12.2 Å². The van der Waals surface area contributed by atoms with E-state index in [0.29, 0.717) is 5.57 Å². The Balaban J connectivity index is 2.38. The Morgan fingerprint density at radius 3 is 2.38 bits per heavy atom. The molecule has 0 aromatic heterocycles. The van der Waals surface area contributed by atoms with Crippen LogP contribution in [0.4, 0.5) is 8.78 Å². The summed E-state index contributed by atoms with van der Waals surface area (Å²) in [6.07, 6.45) is 1.56. The Morgan fingerprint density at radius 2 is 1.75 bits per heavy atom. The SMILES string of the molecule is CC1C(F)=CC=C(c2ccc(S)cc2)C1F. The molecular weight excluding hydrogens is 226 g/mol. The standard InChI is InChI=1S/C13H12F2S/c1-8-12(14)7-6-11(13(8)15)9-2-4-10(16)5-3-9/h2-8,13,16H,1H3. The quantitative estimate of drug-likeness (QED) is 0.696. The van der Waals surface area contributed by atoms with Crippen LogP contribution in [0.25, 0.3) is 5.57 Å². The molecule has 16 heavy (non-hydrogen) atoms. The van der Waals surface area contributed by atoms with Gasteiger partial charge in [0, 0.05) is 10.8 Å². The minimum absolute atomic E-state index is 0.401. The van der Waals surface area contributed by atoms with Crippen LogP contribution in [0.1, 0.15) is 12.5 Å². The first kappa shape index (κ1) is 11.4. The van der Waals surface area contributed by atoms with Gasteiger partial charge in [-0.05, 0) is 29.3 Å². The fourth-order valence-corrected chi connectivity index (χ4v) is 1.88. The van der Waals surface area contributed by atoms with Gasteiger partial charge in [0.2, 0.25) is 0 Å². The molecule has 0 radical (unpaired) electrons. The second-order valence-electron chi connectivity index (χ2n) is 3.91. The van der Waals surface area contributed by atoms with Gasteiger partial charge in [0.25, 0.3) is 0 Å². The molecule has 2 rings (SSSR count). The zero-order valence-electron chi connectivity index (χ0n) is 8.82. The molecule has 3 heteroatoms. The van der Waals surface area contributed by atoms with Crippen molar-refractivity contribution < 1.29 is 8.78 Å². The summed E-state index contributed by atoms with van der Waals surface area (Å²) in [5.41, 5.74) is 1.31. The van der Waals surface area contributed by atoms with E-state index in [1.807, 2.05) is 0 Å². The normalized spacial score (nSPS) is 25.0. The number of alkyl halides is 1. The van der Waals surface area contributed by atoms with Gasteiger partial charge in [-0.15, -0.1) is 12.6 Å². The van der Waals surface area contributed by atoms with Crippen LogP contribution in [-0.2, 0) is 0 Å². The third-order valence-corrected chi connectivity index (χ3v) is 3.09. The largest absolute Gasteiger partial charge is 0.242 e. The monoisotopic (exact) mass is 238 g/mol. The molecule has 1 aromatic rings. The molecule has 0 saturated carbocycles. The van der Waals surface area contributed by atoms with E-state index >= 15 is 0 Å².